The molecule has 0 spiro atoms. The molecule has 0 atom stereocenters. The van der Waals surface area contributed by atoms with Crippen LogP contribution < -0.4 is 5.32 Å². The smallest absolute Gasteiger partial charge is 0.269 e. The van der Waals surface area contributed by atoms with E-state index in [9.17, 15) is 10.1 Å². The molecule has 1 N–H and O–H groups in total. The highest BCUT2D eigenvalue weighted by Crippen LogP contribution is 2.20. The fraction of sp³-hybridized carbons (Fsp3) is 0.333. The van der Waals surface area contributed by atoms with E-state index in [0.29, 0.717) is 12.4 Å². The Morgan fingerprint density at radius 3 is 2.57 bits per heavy atom. The van der Waals surface area contributed by atoms with Gasteiger partial charge in [-0.3, -0.25) is 10.1 Å². The van der Waals surface area contributed by atoms with Gasteiger partial charge in [0.1, 0.15) is 0 Å². The van der Waals surface area contributed by atoms with Crippen molar-refractivity contribution in [3.63, 3.8) is 0 Å². The van der Waals surface area contributed by atoms with Crippen LogP contribution in [-0.4, -0.2) is 21.4 Å². The average Bonchev–Trinajstić information content (AvgIpc) is 2.47. The third-order valence-corrected chi connectivity index (χ3v) is 2.98. The largest absolute Gasteiger partial charge is 0.311 e. The van der Waals surface area contributed by atoms with E-state index in [4.69, 9.17) is 0 Å². The first-order valence-electron chi connectivity index (χ1n) is 6.90. The molecule has 1 aromatic carbocycles. The minimum atomic E-state index is -0.416. The number of aryl methyl sites for hydroxylation is 1. The third kappa shape index (κ3) is 4.06. The molecule has 0 saturated carbocycles. The second kappa shape index (κ2) is 6.90. The predicted molar refractivity (Wildman–Crippen MR) is 80.9 cm³/mol. The summed E-state index contributed by atoms with van der Waals surface area (Å²) in [4.78, 5) is 19.2. The fourth-order valence-electron chi connectivity index (χ4n) is 1.98. The summed E-state index contributed by atoms with van der Waals surface area (Å²) in [5.41, 5.74) is 2.65. The minimum absolute atomic E-state index is 0.0660. The van der Waals surface area contributed by atoms with Gasteiger partial charge in [-0.2, -0.15) is 0 Å². The van der Waals surface area contributed by atoms with Crippen molar-refractivity contribution in [3.8, 4) is 11.4 Å². The normalized spacial score (nSPS) is 10.6. The van der Waals surface area contributed by atoms with Crippen LogP contribution in [0, 0.1) is 17.0 Å². The monoisotopic (exact) mass is 286 g/mol. The topological polar surface area (TPSA) is 81.0 Å². The summed E-state index contributed by atoms with van der Waals surface area (Å²) in [5, 5.41) is 14.0. The first-order chi connectivity index (χ1) is 10.1. The van der Waals surface area contributed by atoms with Gasteiger partial charge in [0, 0.05) is 29.9 Å². The van der Waals surface area contributed by atoms with Crippen LogP contribution in [0.25, 0.3) is 11.4 Å². The molecule has 0 amide bonds. The van der Waals surface area contributed by atoms with Crippen LogP contribution in [0.1, 0.15) is 24.7 Å². The van der Waals surface area contributed by atoms with Crippen LogP contribution in [0.5, 0.6) is 0 Å². The Balaban J connectivity index is 2.24. The lowest BCUT2D eigenvalue weighted by atomic mass is 10.2. The lowest BCUT2D eigenvalue weighted by Crippen LogP contribution is -2.15. The predicted octanol–water partition coefficient (Wildman–Crippen LogP) is 2.86. The number of nitrogens with one attached hydrogen (secondary N) is 1. The molecule has 0 fully saturated rings. The average molecular weight is 286 g/mol. The Hall–Kier alpha value is -2.34. The second-order valence-electron chi connectivity index (χ2n) is 4.81. The molecule has 6 nitrogen and oxygen atoms in total. The lowest BCUT2D eigenvalue weighted by molar-refractivity contribution is -0.384. The second-order valence-corrected chi connectivity index (χ2v) is 4.81. The molecule has 1 aromatic heterocycles. The number of aromatic nitrogens is 2. The number of nitro benzene ring substituents is 1. The van der Waals surface area contributed by atoms with Crippen molar-refractivity contribution in [1.82, 2.24) is 15.3 Å². The molecular formula is C15H18N4O2. The third-order valence-electron chi connectivity index (χ3n) is 2.98. The zero-order chi connectivity index (χ0) is 15.2. The van der Waals surface area contributed by atoms with E-state index in [2.05, 4.69) is 22.2 Å². The van der Waals surface area contributed by atoms with Crippen molar-refractivity contribution in [2.75, 3.05) is 6.54 Å². The van der Waals surface area contributed by atoms with Gasteiger partial charge in [0.2, 0.25) is 0 Å². The highest BCUT2D eigenvalue weighted by Gasteiger charge is 2.08. The summed E-state index contributed by atoms with van der Waals surface area (Å²) in [5.74, 6) is 0.596. The van der Waals surface area contributed by atoms with Crippen LogP contribution in [0.4, 0.5) is 5.69 Å². The maximum absolute atomic E-state index is 10.7. The zero-order valence-corrected chi connectivity index (χ0v) is 12.2. The number of hydrogen-bond acceptors (Lipinski definition) is 5. The van der Waals surface area contributed by atoms with E-state index in [0.717, 1.165) is 29.9 Å². The lowest BCUT2D eigenvalue weighted by Gasteiger charge is -2.07. The highest BCUT2D eigenvalue weighted by atomic mass is 16.6. The zero-order valence-electron chi connectivity index (χ0n) is 12.2. The van der Waals surface area contributed by atoms with Crippen LogP contribution in [0.15, 0.2) is 30.3 Å². The number of non-ortho nitro benzene ring substituents is 1. The molecular weight excluding hydrogens is 268 g/mol. The van der Waals surface area contributed by atoms with Gasteiger partial charge >= 0.3 is 0 Å². The van der Waals surface area contributed by atoms with Crippen molar-refractivity contribution in [3.05, 3.63) is 51.8 Å². The van der Waals surface area contributed by atoms with Gasteiger partial charge in [-0.05, 0) is 38.1 Å². The molecule has 0 aliphatic rings. The van der Waals surface area contributed by atoms with E-state index in [1.54, 1.807) is 12.1 Å². The van der Waals surface area contributed by atoms with Crippen LogP contribution in [-0.2, 0) is 6.54 Å². The number of nitrogens with zero attached hydrogens (tertiary/aromatic N) is 3. The molecule has 2 rings (SSSR count). The van der Waals surface area contributed by atoms with Crippen LogP contribution >= 0.6 is 0 Å². The van der Waals surface area contributed by atoms with Crippen molar-refractivity contribution in [2.45, 2.75) is 26.8 Å². The first-order valence-corrected chi connectivity index (χ1v) is 6.90. The molecule has 2 aromatic rings. The Labute approximate surface area is 123 Å². The van der Waals surface area contributed by atoms with E-state index in [1.807, 2.05) is 13.0 Å². The Morgan fingerprint density at radius 2 is 1.95 bits per heavy atom. The molecule has 0 radical (unpaired) electrons. The molecule has 0 bridgehead atoms. The van der Waals surface area contributed by atoms with Gasteiger partial charge in [0.05, 0.1) is 10.6 Å². The van der Waals surface area contributed by atoms with Gasteiger partial charge in [-0.25, -0.2) is 9.97 Å². The van der Waals surface area contributed by atoms with Gasteiger partial charge in [0.15, 0.2) is 5.82 Å². The summed E-state index contributed by atoms with van der Waals surface area (Å²) in [6, 6.07) is 8.23. The van der Waals surface area contributed by atoms with Gasteiger partial charge < -0.3 is 5.32 Å². The number of nitro groups is 1. The standard InChI is InChI=1S/C15H18N4O2/c1-3-8-16-10-13-9-11(2)17-15(18-13)12-4-6-14(7-5-12)19(20)21/h4-7,9,16H,3,8,10H2,1-2H3. The Morgan fingerprint density at radius 1 is 1.24 bits per heavy atom. The number of rotatable bonds is 6. The molecule has 110 valence electrons. The maximum atomic E-state index is 10.7. The number of hydrogen-bond donors (Lipinski definition) is 1. The van der Waals surface area contributed by atoms with Crippen molar-refractivity contribution < 1.29 is 4.92 Å². The van der Waals surface area contributed by atoms with Gasteiger partial charge in [-0.15, -0.1) is 0 Å². The highest BCUT2D eigenvalue weighted by molar-refractivity contribution is 5.57. The molecule has 0 aliphatic carbocycles. The summed E-state index contributed by atoms with van der Waals surface area (Å²) in [6.07, 6.45) is 1.07. The number of benzene rings is 1. The summed E-state index contributed by atoms with van der Waals surface area (Å²) < 4.78 is 0. The summed E-state index contributed by atoms with van der Waals surface area (Å²) in [7, 11) is 0. The van der Waals surface area contributed by atoms with E-state index in [-0.39, 0.29) is 5.69 Å². The molecule has 1 heterocycles. The van der Waals surface area contributed by atoms with Crippen molar-refractivity contribution >= 4 is 5.69 Å². The SMILES string of the molecule is CCCNCc1cc(C)nc(-c2ccc([N+](=O)[O-])cc2)n1. The Kier molecular flexibility index (Phi) is 4.94. The fourth-order valence-corrected chi connectivity index (χ4v) is 1.98. The van der Waals surface area contributed by atoms with E-state index < -0.39 is 4.92 Å². The summed E-state index contributed by atoms with van der Waals surface area (Å²) in [6.45, 7) is 5.66. The molecule has 6 heteroatoms. The van der Waals surface area contributed by atoms with Crippen LogP contribution in [0.3, 0.4) is 0 Å². The van der Waals surface area contributed by atoms with E-state index >= 15 is 0 Å². The summed E-state index contributed by atoms with van der Waals surface area (Å²) >= 11 is 0. The molecule has 0 saturated heterocycles. The molecule has 21 heavy (non-hydrogen) atoms. The first kappa shape index (κ1) is 15.1. The maximum Gasteiger partial charge on any atom is 0.269 e. The minimum Gasteiger partial charge on any atom is -0.311 e. The van der Waals surface area contributed by atoms with Crippen molar-refractivity contribution in [1.29, 1.82) is 0 Å². The quantitative estimate of drug-likeness (QED) is 0.501. The molecule has 0 unspecified atom stereocenters. The van der Waals surface area contributed by atoms with Gasteiger partial charge in [-0.1, -0.05) is 6.92 Å². The molecule has 0 aliphatic heterocycles. The van der Waals surface area contributed by atoms with Crippen molar-refractivity contribution in [2.24, 2.45) is 0 Å². The Bertz CT molecular complexity index is 626. The van der Waals surface area contributed by atoms with E-state index in [1.165, 1.54) is 12.1 Å². The van der Waals surface area contributed by atoms with Gasteiger partial charge in [0.25, 0.3) is 5.69 Å². The van der Waals surface area contributed by atoms with Crippen LogP contribution in [0.2, 0.25) is 0 Å².